The molecule has 2 fully saturated rings. The van der Waals surface area contributed by atoms with Gasteiger partial charge < -0.3 is 9.53 Å². The number of nitrogens with zero attached hydrogens (tertiary/aromatic N) is 1. The molecular formula is C26H35F2NO3S. The smallest absolute Gasteiger partial charge is 0.179 e. The molecule has 2 aliphatic carbocycles. The fourth-order valence-electron chi connectivity index (χ4n) is 4.37. The Labute approximate surface area is 199 Å². The maximum Gasteiger partial charge on any atom is 0.179 e. The second kappa shape index (κ2) is 12.9. The summed E-state index contributed by atoms with van der Waals surface area (Å²) in [4.78, 5) is 21.1. The molecule has 3 unspecified atom stereocenters. The summed E-state index contributed by atoms with van der Waals surface area (Å²) in [5, 5.41) is 1.93. The third-order valence-corrected chi connectivity index (χ3v) is 6.65. The van der Waals surface area contributed by atoms with Gasteiger partial charge in [-0.2, -0.15) is 4.37 Å². The monoisotopic (exact) mass is 479 g/mol. The van der Waals surface area contributed by atoms with Crippen molar-refractivity contribution in [3.05, 3.63) is 46.5 Å². The van der Waals surface area contributed by atoms with E-state index in [-0.39, 0.29) is 23.6 Å². The molecule has 2 aromatic rings. The van der Waals surface area contributed by atoms with E-state index in [1.54, 1.807) is 0 Å². The second-order valence-corrected chi connectivity index (χ2v) is 9.97. The highest BCUT2D eigenvalue weighted by molar-refractivity contribution is 7.03. The van der Waals surface area contributed by atoms with Gasteiger partial charge in [-0.05, 0) is 73.7 Å². The van der Waals surface area contributed by atoms with Crippen LogP contribution >= 0.6 is 11.5 Å². The molecule has 1 aromatic carbocycles. The Hall–Kier alpha value is -2.15. The predicted octanol–water partition coefficient (Wildman–Crippen LogP) is 7.38. The molecule has 4 nitrogen and oxygen atoms in total. The van der Waals surface area contributed by atoms with Crippen LogP contribution in [0.5, 0.6) is 5.75 Å². The van der Waals surface area contributed by atoms with Gasteiger partial charge in [0, 0.05) is 18.4 Å². The lowest BCUT2D eigenvalue weighted by atomic mass is 9.90. The van der Waals surface area contributed by atoms with Gasteiger partial charge in [-0.1, -0.05) is 39.5 Å². The van der Waals surface area contributed by atoms with Crippen LogP contribution in [0.3, 0.4) is 0 Å². The number of rotatable bonds is 4. The molecule has 1 heterocycles. The number of hydrogen-bond donors (Lipinski definition) is 0. The summed E-state index contributed by atoms with van der Waals surface area (Å²) in [5.41, 5.74) is 1.52. The van der Waals surface area contributed by atoms with E-state index in [1.807, 2.05) is 5.38 Å². The van der Waals surface area contributed by atoms with Gasteiger partial charge in [0.1, 0.15) is 17.2 Å². The van der Waals surface area contributed by atoms with Crippen LogP contribution in [0.2, 0.25) is 0 Å². The van der Waals surface area contributed by atoms with Crippen LogP contribution in [-0.4, -0.2) is 22.0 Å². The van der Waals surface area contributed by atoms with Crippen molar-refractivity contribution >= 4 is 23.1 Å². The Morgan fingerprint density at radius 2 is 1.67 bits per heavy atom. The summed E-state index contributed by atoms with van der Waals surface area (Å²) in [6.45, 7) is 9.03. The summed E-state index contributed by atoms with van der Waals surface area (Å²) in [7, 11) is 0. The van der Waals surface area contributed by atoms with Crippen molar-refractivity contribution in [2.45, 2.75) is 85.2 Å². The number of halogens is 2. The molecular weight excluding hydrogens is 444 g/mol. The van der Waals surface area contributed by atoms with Crippen LogP contribution in [-0.2, 0) is 4.79 Å². The quantitative estimate of drug-likeness (QED) is 0.429. The highest BCUT2D eigenvalue weighted by Crippen LogP contribution is 2.42. The highest BCUT2D eigenvalue weighted by atomic mass is 32.1. The van der Waals surface area contributed by atoms with Gasteiger partial charge in [-0.3, -0.25) is 4.79 Å². The zero-order chi connectivity index (χ0) is 24.5. The van der Waals surface area contributed by atoms with Gasteiger partial charge in [0.05, 0.1) is 6.10 Å². The molecule has 2 aliphatic rings. The number of ether oxygens (including phenoxy) is 1. The molecule has 0 N–H and O–H groups in total. The summed E-state index contributed by atoms with van der Waals surface area (Å²) in [6, 6.07) is 3.57. The zero-order valence-electron chi connectivity index (χ0n) is 20.2. The predicted molar refractivity (Wildman–Crippen MR) is 128 cm³/mol. The van der Waals surface area contributed by atoms with Crippen molar-refractivity contribution in [2.24, 2.45) is 11.8 Å². The first kappa shape index (κ1) is 27.1. The Kier molecular flexibility index (Phi) is 10.6. The fourth-order valence-corrected chi connectivity index (χ4v) is 5.16. The average molecular weight is 480 g/mol. The Morgan fingerprint density at radius 1 is 1.03 bits per heavy atom. The molecule has 4 rings (SSSR count). The largest absolute Gasteiger partial charge is 0.490 e. The molecule has 7 heteroatoms. The van der Waals surface area contributed by atoms with Gasteiger partial charge in [0.25, 0.3) is 0 Å². The number of Topliss-reactive ketones (excluding diaryl/α,β-unsaturated/α-hetero) is 2. The summed E-state index contributed by atoms with van der Waals surface area (Å²) < 4.78 is 36.2. The van der Waals surface area contributed by atoms with Gasteiger partial charge in [-0.25, -0.2) is 8.78 Å². The number of ketones is 2. The Bertz CT molecular complexity index is 920. The van der Waals surface area contributed by atoms with Gasteiger partial charge in [0.15, 0.2) is 17.4 Å². The lowest BCUT2D eigenvalue weighted by Crippen LogP contribution is -2.12. The lowest BCUT2D eigenvalue weighted by Gasteiger charge is -2.15. The maximum absolute atomic E-state index is 13.3. The highest BCUT2D eigenvalue weighted by Gasteiger charge is 2.36. The standard InChI is InChI=1S/C17H17F2NO2S.C6H12.C3H6O/c1-9-5-12(22-11-3-4-15(18)16(19)7-11)6-13(9)14-8-23-20-17(14)10(2)21;1-6-4-2-3-5-6;1-3(2)4/h3-4,7-9,12-13H,5-6H2,1-2H3;6H,2-5H2,1H3;1-2H3. The molecule has 0 spiro atoms. The lowest BCUT2D eigenvalue weighted by molar-refractivity contribution is -0.115. The molecule has 182 valence electrons. The third kappa shape index (κ3) is 8.61. The number of hydrogen-bond acceptors (Lipinski definition) is 5. The van der Waals surface area contributed by atoms with E-state index in [1.165, 1.54) is 64.1 Å². The number of carbonyl (C=O) groups excluding carboxylic acids is 2. The van der Waals surface area contributed by atoms with E-state index in [2.05, 4.69) is 18.2 Å². The molecule has 0 bridgehead atoms. The van der Waals surface area contributed by atoms with E-state index in [9.17, 15) is 18.4 Å². The average Bonchev–Trinajstić information content (AvgIpc) is 3.46. The maximum atomic E-state index is 13.3. The molecule has 3 atom stereocenters. The van der Waals surface area contributed by atoms with Gasteiger partial charge in [0.2, 0.25) is 0 Å². The minimum Gasteiger partial charge on any atom is -0.490 e. The first-order chi connectivity index (χ1) is 15.6. The van der Waals surface area contributed by atoms with Gasteiger partial charge >= 0.3 is 0 Å². The number of benzene rings is 1. The fraction of sp³-hybridized carbons (Fsp3) is 0.577. The van der Waals surface area contributed by atoms with E-state index in [4.69, 9.17) is 4.74 Å². The van der Waals surface area contributed by atoms with Crippen LogP contribution < -0.4 is 4.74 Å². The molecule has 0 aliphatic heterocycles. The van der Waals surface area contributed by atoms with Crippen LogP contribution in [0.25, 0.3) is 0 Å². The SMILES string of the molecule is CC(=O)c1nscc1C1CC(Oc2ccc(F)c(F)c2)CC1C.CC(C)=O.CC1CCCC1. The second-order valence-electron chi connectivity index (χ2n) is 9.34. The van der Waals surface area contributed by atoms with Crippen molar-refractivity contribution in [1.29, 1.82) is 0 Å². The van der Waals surface area contributed by atoms with Crippen molar-refractivity contribution in [3.8, 4) is 5.75 Å². The normalized spacial score (nSPS) is 22.1. The van der Waals surface area contributed by atoms with E-state index in [0.29, 0.717) is 17.4 Å². The Balaban J connectivity index is 0.000000320. The minimum absolute atomic E-state index is 0.0292. The number of carbonyl (C=O) groups is 2. The third-order valence-electron chi connectivity index (χ3n) is 6.01. The van der Waals surface area contributed by atoms with E-state index < -0.39 is 11.6 Å². The summed E-state index contributed by atoms with van der Waals surface area (Å²) >= 11 is 1.29. The van der Waals surface area contributed by atoms with Crippen LogP contribution in [0, 0.1) is 23.5 Å². The number of aromatic nitrogens is 1. The van der Waals surface area contributed by atoms with Crippen molar-refractivity contribution < 1.29 is 23.1 Å². The zero-order valence-corrected chi connectivity index (χ0v) is 21.0. The van der Waals surface area contributed by atoms with E-state index in [0.717, 1.165) is 36.5 Å². The molecule has 0 radical (unpaired) electrons. The van der Waals surface area contributed by atoms with E-state index >= 15 is 0 Å². The van der Waals surface area contributed by atoms with Crippen LogP contribution in [0.15, 0.2) is 23.6 Å². The molecule has 2 saturated carbocycles. The van der Waals surface area contributed by atoms with Gasteiger partial charge in [-0.15, -0.1) is 0 Å². The van der Waals surface area contributed by atoms with Crippen molar-refractivity contribution in [2.75, 3.05) is 0 Å². The van der Waals surface area contributed by atoms with Crippen molar-refractivity contribution in [3.63, 3.8) is 0 Å². The minimum atomic E-state index is -0.911. The molecule has 1 aromatic heterocycles. The molecule has 0 amide bonds. The molecule has 0 saturated heterocycles. The first-order valence-corrected chi connectivity index (χ1v) is 12.5. The van der Waals surface area contributed by atoms with Crippen molar-refractivity contribution in [1.82, 2.24) is 4.37 Å². The summed E-state index contributed by atoms with van der Waals surface area (Å²) in [6.07, 6.45) is 7.40. The van der Waals surface area contributed by atoms with Crippen LogP contribution in [0.4, 0.5) is 8.78 Å². The summed E-state index contributed by atoms with van der Waals surface area (Å²) in [5.74, 6) is 0.250. The van der Waals surface area contributed by atoms with Crippen LogP contribution in [0.1, 0.15) is 95.1 Å². The Morgan fingerprint density at radius 3 is 2.18 bits per heavy atom. The molecule has 33 heavy (non-hydrogen) atoms. The topological polar surface area (TPSA) is 56.3 Å². The first-order valence-electron chi connectivity index (χ1n) is 11.6.